The summed E-state index contributed by atoms with van der Waals surface area (Å²) in [6.45, 7) is 0. The predicted molar refractivity (Wildman–Crippen MR) is 107 cm³/mol. The second kappa shape index (κ2) is 7.55. The van der Waals surface area contributed by atoms with Crippen molar-refractivity contribution >= 4 is 39.3 Å². The van der Waals surface area contributed by atoms with E-state index >= 15 is 0 Å². The maximum atomic E-state index is 12.3. The monoisotopic (exact) mass is 415 g/mol. The zero-order valence-corrected chi connectivity index (χ0v) is 16.5. The molecular weight excluding hydrogens is 394 g/mol. The number of hydrogen-bond acceptors (Lipinski definition) is 2. The molecule has 0 heterocycles. The Kier molecular flexibility index (Phi) is 5.18. The van der Waals surface area contributed by atoms with Crippen molar-refractivity contribution in [3.8, 4) is 0 Å². The van der Waals surface area contributed by atoms with Crippen LogP contribution in [0.15, 0.2) is 62.8 Å². The van der Waals surface area contributed by atoms with Crippen LogP contribution in [0.1, 0.15) is 32.1 Å². The fraction of sp³-hybridized carbons (Fsp3) is 0.381. The number of carbonyl (C=O) groups excluding carboxylic acids is 1. The Balaban J connectivity index is 1.31. The van der Waals surface area contributed by atoms with Crippen LogP contribution in [0.4, 0.5) is 5.69 Å². The van der Waals surface area contributed by atoms with Gasteiger partial charge in [-0.15, -0.1) is 0 Å². The molecular formula is C21H22BrNOS. The van der Waals surface area contributed by atoms with Crippen LogP contribution >= 0.6 is 27.7 Å². The van der Waals surface area contributed by atoms with Gasteiger partial charge in [0.15, 0.2) is 0 Å². The first-order valence-corrected chi connectivity index (χ1v) is 10.6. The highest BCUT2D eigenvalue weighted by Gasteiger charge is 2.40. The van der Waals surface area contributed by atoms with Crippen LogP contribution in [-0.4, -0.2) is 5.91 Å². The highest BCUT2D eigenvalue weighted by molar-refractivity contribution is 9.10. The second-order valence-corrected chi connectivity index (χ2v) is 9.33. The molecule has 3 atom stereocenters. The van der Waals surface area contributed by atoms with Gasteiger partial charge in [-0.3, -0.25) is 4.79 Å². The molecule has 2 bridgehead atoms. The number of nitrogens with one attached hydrogen (secondary N) is 1. The summed E-state index contributed by atoms with van der Waals surface area (Å²) >= 11 is 5.18. The van der Waals surface area contributed by atoms with E-state index in [9.17, 15) is 4.79 Å². The third-order valence-electron chi connectivity index (χ3n) is 5.52. The summed E-state index contributed by atoms with van der Waals surface area (Å²) in [7, 11) is 0. The van der Waals surface area contributed by atoms with E-state index in [2.05, 4.69) is 45.5 Å². The average molecular weight is 416 g/mol. The Morgan fingerprint density at radius 1 is 1.00 bits per heavy atom. The van der Waals surface area contributed by atoms with Gasteiger partial charge in [-0.2, -0.15) is 0 Å². The molecule has 0 aliphatic heterocycles. The summed E-state index contributed by atoms with van der Waals surface area (Å²) in [5.41, 5.74) is 0.897. The molecule has 0 spiro atoms. The largest absolute Gasteiger partial charge is 0.326 e. The van der Waals surface area contributed by atoms with E-state index in [0.717, 1.165) is 22.0 Å². The van der Waals surface area contributed by atoms with Gasteiger partial charge < -0.3 is 5.32 Å². The van der Waals surface area contributed by atoms with Gasteiger partial charge in [-0.25, -0.2) is 0 Å². The minimum Gasteiger partial charge on any atom is -0.326 e. The molecule has 4 rings (SSSR count). The topological polar surface area (TPSA) is 29.1 Å². The fourth-order valence-electron chi connectivity index (χ4n) is 4.32. The summed E-state index contributed by atoms with van der Waals surface area (Å²) < 4.78 is 1.09. The molecule has 0 saturated heterocycles. The molecule has 2 fully saturated rings. The van der Waals surface area contributed by atoms with E-state index in [1.807, 2.05) is 24.3 Å². The molecule has 2 aromatic carbocycles. The Bertz CT molecular complexity index is 743. The zero-order valence-electron chi connectivity index (χ0n) is 14.1. The number of benzene rings is 2. The van der Waals surface area contributed by atoms with E-state index in [4.69, 9.17) is 0 Å². The van der Waals surface area contributed by atoms with Gasteiger partial charge in [0.2, 0.25) is 5.91 Å². The number of fused-ring (bicyclic) bond motifs is 2. The first kappa shape index (κ1) is 17.2. The van der Waals surface area contributed by atoms with Crippen molar-refractivity contribution in [2.45, 2.75) is 41.9 Å². The first-order valence-electron chi connectivity index (χ1n) is 8.99. The van der Waals surface area contributed by atoms with Crippen molar-refractivity contribution in [2.24, 2.45) is 17.8 Å². The van der Waals surface area contributed by atoms with Crippen LogP contribution in [0.5, 0.6) is 0 Å². The van der Waals surface area contributed by atoms with E-state index in [0.29, 0.717) is 12.3 Å². The summed E-state index contributed by atoms with van der Waals surface area (Å²) in [6, 6.07) is 16.4. The lowest BCUT2D eigenvalue weighted by Crippen LogP contribution is -2.20. The van der Waals surface area contributed by atoms with Gasteiger partial charge in [0.1, 0.15) is 0 Å². The van der Waals surface area contributed by atoms with Gasteiger partial charge in [0.05, 0.1) is 0 Å². The highest BCUT2D eigenvalue weighted by Crippen LogP contribution is 2.49. The van der Waals surface area contributed by atoms with Crippen LogP contribution in [0.25, 0.3) is 0 Å². The third-order valence-corrected chi connectivity index (χ3v) is 7.06. The van der Waals surface area contributed by atoms with E-state index in [1.165, 1.54) is 35.5 Å². The van der Waals surface area contributed by atoms with Gasteiger partial charge in [0.25, 0.3) is 0 Å². The smallest absolute Gasteiger partial charge is 0.224 e. The number of rotatable bonds is 5. The molecule has 2 nitrogen and oxygen atoms in total. The molecule has 0 unspecified atom stereocenters. The number of hydrogen-bond donors (Lipinski definition) is 1. The van der Waals surface area contributed by atoms with Crippen molar-refractivity contribution in [1.29, 1.82) is 0 Å². The molecule has 1 N–H and O–H groups in total. The Hall–Kier alpha value is -1.26. The summed E-state index contributed by atoms with van der Waals surface area (Å²) in [4.78, 5) is 14.7. The quantitative estimate of drug-likeness (QED) is 0.614. The predicted octanol–water partition coefficient (Wildman–Crippen LogP) is 6.37. The molecule has 2 saturated carbocycles. The van der Waals surface area contributed by atoms with Crippen molar-refractivity contribution in [1.82, 2.24) is 0 Å². The summed E-state index contributed by atoms with van der Waals surface area (Å²) in [5.74, 6) is 2.50. The van der Waals surface area contributed by atoms with E-state index in [1.54, 1.807) is 11.8 Å². The standard InChI is InChI=1S/C21H22BrNOS/c22-17-3-7-19(8-4-17)25-20-9-5-18(6-10-20)23-21(24)13-16-12-14-1-2-15(16)11-14/h3-10,14-16H,1-2,11-13H2,(H,23,24)/t14-,15+,16+/m0/s1. The van der Waals surface area contributed by atoms with Crippen LogP contribution < -0.4 is 5.32 Å². The van der Waals surface area contributed by atoms with Gasteiger partial charge >= 0.3 is 0 Å². The second-order valence-electron chi connectivity index (χ2n) is 7.27. The number of halogens is 1. The first-order chi connectivity index (χ1) is 12.2. The lowest BCUT2D eigenvalue weighted by atomic mass is 9.86. The highest BCUT2D eigenvalue weighted by atomic mass is 79.9. The lowest BCUT2D eigenvalue weighted by Gasteiger charge is -2.20. The van der Waals surface area contributed by atoms with Crippen molar-refractivity contribution in [3.63, 3.8) is 0 Å². The Labute approximate surface area is 161 Å². The van der Waals surface area contributed by atoms with E-state index < -0.39 is 0 Å². The number of amides is 1. The zero-order chi connectivity index (χ0) is 17.2. The molecule has 2 aliphatic carbocycles. The van der Waals surface area contributed by atoms with Crippen LogP contribution in [0, 0.1) is 17.8 Å². The van der Waals surface area contributed by atoms with E-state index in [-0.39, 0.29) is 5.91 Å². The minimum absolute atomic E-state index is 0.172. The maximum Gasteiger partial charge on any atom is 0.224 e. The van der Waals surface area contributed by atoms with Gasteiger partial charge in [-0.1, -0.05) is 34.1 Å². The van der Waals surface area contributed by atoms with Crippen LogP contribution in [0.2, 0.25) is 0 Å². The molecule has 25 heavy (non-hydrogen) atoms. The lowest BCUT2D eigenvalue weighted by molar-refractivity contribution is -0.117. The maximum absolute atomic E-state index is 12.3. The Morgan fingerprint density at radius 3 is 2.28 bits per heavy atom. The molecule has 4 heteroatoms. The van der Waals surface area contributed by atoms with Gasteiger partial charge in [-0.05, 0) is 85.5 Å². The van der Waals surface area contributed by atoms with Crippen LogP contribution in [-0.2, 0) is 4.79 Å². The van der Waals surface area contributed by atoms with Crippen molar-refractivity contribution in [3.05, 3.63) is 53.0 Å². The van der Waals surface area contributed by atoms with Crippen molar-refractivity contribution < 1.29 is 4.79 Å². The average Bonchev–Trinajstić information content (AvgIpc) is 3.21. The summed E-state index contributed by atoms with van der Waals surface area (Å²) in [6.07, 6.45) is 6.04. The third kappa shape index (κ3) is 4.29. The molecule has 130 valence electrons. The van der Waals surface area contributed by atoms with Crippen molar-refractivity contribution in [2.75, 3.05) is 5.32 Å². The fourth-order valence-corrected chi connectivity index (χ4v) is 5.40. The normalized spacial score (nSPS) is 24.4. The minimum atomic E-state index is 0.172. The SMILES string of the molecule is O=C(C[C@H]1C[C@H]2CC[C@@H]1C2)Nc1ccc(Sc2ccc(Br)cc2)cc1. The Morgan fingerprint density at radius 2 is 1.68 bits per heavy atom. The molecule has 1 amide bonds. The molecule has 2 aliphatic rings. The number of carbonyl (C=O) groups is 1. The van der Waals surface area contributed by atoms with Crippen LogP contribution in [0.3, 0.4) is 0 Å². The molecule has 2 aromatic rings. The molecule has 0 radical (unpaired) electrons. The number of anilines is 1. The summed E-state index contributed by atoms with van der Waals surface area (Å²) in [5, 5.41) is 3.07. The van der Waals surface area contributed by atoms with Gasteiger partial charge in [0, 0.05) is 26.4 Å². The molecule has 0 aromatic heterocycles.